The van der Waals surface area contributed by atoms with E-state index in [4.69, 9.17) is 0 Å². The molecule has 2 unspecified atom stereocenters. The van der Waals surface area contributed by atoms with Crippen LogP contribution in [0.2, 0.25) is 0 Å². The van der Waals surface area contributed by atoms with Crippen molar-refractivity contribution in [1.29, 1.82) is 0 Å². The summed E-state index contributed by atoms with van der Waals surface area (Å²) in [6, 6.07) is 4.32. The van der Waals surface area contributed by atoms with Gasteiger partial charge in [0.1, 0.15) is 17.5 Å². The Kier molecular flexibility index (Phi) is 5.10. The lowest BCUT2D eigenvalue weighted by Crippen LogP contribution is -2.67. The highest BCUT2D eigenvalue weighted by Gasteiger charge is 2.65. The fraction of sp³-hybridized carbons (Fsp3) is 0.385. The normalized spacial score (nSPS) is 29.9. The van der Waals surface area contributed by atoms with Crippen LogP contribution in [-0.4, -0.2) is 49.7 Å². The highest BCUT2D eigenvalue weighted by Crippen LogP contribution is 2.51. The molecule has 0 saturated heterocycles. The second-order valence-electron chi connectivity index (χ2n) is 9.76. The molecule has 35 heavy (non-hydrogen) atoms. The van der Waals surface area contributed by atoms with Crippen molar-refractivity contribution >= 4 is 28.9 Å². The number of carbonyl (C=O) groups excluding carboxylic acids is 5. The molecule has 3 aliphatic rings. The van der Waals surface area contributed by atoms with Gasteiger partial charge in [-0.05, 0) is 67.5 Å². The number of halogens is 1. The van der Waals surface area contributed by atoms with E-state index in [0.29, 0.717) is 22.3 Å². The van der Waals surface area contributed by atoms with Gasteiger partial charge in [0, 0.05) is 24.1 Å². The van der Waals surface area contributed by atoms with Crippen LogP contribution < -0.4 is 0 Å². The number of aromatic nitrogens is 1. The molecule has 1 aromatic carbocycles. The Hall–Kier alpha value is -3.59. The van der Waals surface area contributed by atoms with Gasteiger partial charge in [-0.1, -0.05) is 0 Å². The van der Waals surface area contributed by atoms with Gasteiger partial charge >= 0.3 is 0 Å². The van der Waals surface area contributed by atoms with Gasteiger partial charge in [0.25, 0.3) is 0 Å². The predicted octanol–water partition coefficient (Wildman–Crippen LogP) is 1.94. The van der Waals surface area contributed by atoms with Crippen molar-refractivity contribution in [2.45, 2.75) is 38.7 Å². The number of benzene rings is 1. The van der Waals surface area contributed by atoms with Crippen LogP contribution in [0.25, 0.3) is 11.1 Å². The second kappa shape index (κ2) is 7.71. The smallest absolute Gasteiger partial charge is 0.212 e. The molecule has 180 valence electrons. The fourth-order valence-corrected chi connectivity index (χ4v) is 6.09. The summed E-state index contributed by atoms with van der Waals surface area (Å²) in [5.74, 6) is -10.1. The predicted molar refractivity (Wildman–Crippen MR) is 118 cm³/mol. The lowest BCUT2D eigenvalue weighted by Gasteiger charge is -2.48. The lowest BCUT2D eigenvalue weighted by molar-refractivity contribution is -0.175. The summed E-state index contributed by atoms with van der Waals surface area (Å²) in [5, 5.41) is 22.1. The topological polar surface area (TPSA) is 139 Å². The van der Waals surface area contributed by atoms with Gasteiger partial charge in [-0.15, -0.1) is 0 Å². The van der Waals surface area contributed by atoms with Crippen molar-refractivity contribution in [2.75, 3.05) is 0 Å². The summed E-state index contributed by atoms with van der Waals surface area (Å²) in [7, 11) is 0. The maximum Gasteiger partial charge on any atom is 0.212 e. The maximum absolute atomic E-state index is 13.7. The molecular weight excluding hydrogens is 457 g/mol. The van der Waals surface area contributed by atoms with Crippen LogP contribution in [0.5, 0.6) is 5.75 Å². The van der Waals surface area contributed by atoms with Gasteiger partial charge in [-0.2, -0.15) is 4.39 Å². The van der Waals surface area contributed by atoms with E-state index in [1.807, 2.05) is 0 Å². The third kappa shape index (κ3) is 3.14. The average Bonchev–Trinajstić information content (AvgIpc) is 2.79. The number of aliphatic hydroxyl groups is 1. The molecule has 1 heterocycles. The molecule has 2 saturated carbocycles. The van der Waals surface area contributed by atoms with E-state index in [-0.39, 0.29) is 30.6 Å². The van der Waals surface area contributed by atoms with E-state index in [1.54, 1.807) is 13.0 Å². The van der Waals surface area contributed by atoms with Crippen molar-refractivity contribution < 1.29 is 38.6 Å². The van der Waals surface area contributed by atoms with Gasteiger partial charge in [0.05, 0.1) is 11.5 Å². The molecule has 0 spiro atoms. The van der Waals surface area contributed by atoms with Gasteiger partial charge in [-0.3, -0.25) is 24.0 Å². The number of ketones is 5. The highest BCUT2D eigenvalue weighted by atomic mass is 19.1. The third-order valence-electron chi connectivity index (χ3n) is 7.75. The van der Waals surface area contributed by atoms with Gasteiger partial charge in [0.2, 0.25) is 5.95 Å². The Morgan fingerprint density at radius 2 is 1.86 bits per heavy atom. The molecule has 5 rings (SSSR count). The first-order valence-electron chi connectivity index (χ1n) is 11.3. The number of rotatable bonds is 2. The molecule has 1 aromatic heterocycles. The zero-order chi connectivity index (χ0) is 25.4. The minimum atomic E-state index is -2.61. The van der Waals surface area contributed by atoms with Gasteiger partial charge in [0.15, 0.2) is 28.7 Å². The second-order valence-corrected chi connectivity index (χ2v) is 9.76. The van der Waals surface area contributed by atoms with Crippen LogP contribution in [0, 0.1) is 36.5 Å². The molecule has 2 aromatic rings. The molecule has 9 heteroatoms. The number of phenols is 1. The summed E-state index contributed by atoms with van der Waals surface area (Å²) in [6.45, 7) is 2.63. The van der Waals surface area contributed by atoms with Gasteiger partial charge in [-0.25, -0.2) is 4.98 Å². The van der Waals surface area contributed by atoms with Crippen molar-refractivity contribution in [1.82, 2.24) is 4.98 Å². The molecule has 0 bridgehead atoms. The molecular formula is C26H22FNO7. The summed E-state index contributed by atoms with van der Waals surface area (Å²) in [4.78, 5) is 68.4. The number of nitrogens with zero attached hydrogens (tertiary/aromatic N) is 1. The van der Waals surface area contributed by atoms with Gasteiger partial charge < -0.3 is 10.2 Å². The van der Waals surface area contributed by atoms with E-state index in [2.05, 4.69) is 4.98 Å². The molecule has 3 aliphatic carbocycles. The van der Waals surface area contributed by atoms with Crippen molar-refractivity contribution in [3.05, 3.63) is 47.0 Å². The molecule has 5 atom stereocenters. The zero-order valence-electron chi connectivity index (χ0n) is 19.0. The van der Waals surface area contributed by atoms with Crippen molar-refractivity contribution in [3.63, 3.8) is 0 Å². The average molecular weight is 479 g/mol. The summed E-state index contributed by atoms with van der Waals surface area (Å²) < 4.78 is 13.4. The van der Waals surface area contributed by atoms with Crippen LogP contribution in [0.15, 0.2) is 24.4 Å². The Morgan fingerprint density at radius 1 is 1.14 bits per heavy atom. The number of hydrogen-bond donors (Lipinski definition) is 2. The Morgan fingerprint density at radius 3 is 2.49 bits per heavy atom. The summed E-state index contributed by atoms with van der Waals surface area (Å²) in [5.41, 5.74) is -0.810. The number of aromatic hydroxyl groups is 1. The van der Waals surface area contributed by atoms with E-state index < -0.39 is 64.1 Å². The maximum atomic E-state index is 13.7. The number of aryl methyl sites for hydroxylation is 1. The molecule has 2 N–H and O–H groups in total. The number of Topliss-reactive ketones (excluding diaryl/α,β-unsaturated/α-hetero) is 5. The van der Waals surface area contributed by atoms with Crippen molar-refractivity contribution in [3.8, 4) is 16.9 Å². The van der Waals surface area contributed by atoms with E-state index >= 15 is 0 Å². The fourth-order valence-electron chi connectivity index (χ4n) is 6.09. The SMILES string of the molecule is CC(=O)C1C(=O)C[C@@H]2C[C@@H]3Cc4c(-c5ccc(F)nc5)cc(C)c(O)c4C(=O)C3C(=O)[C@]2(O)C1=O. The standard InChI is InChI=1S/C26H22FNO7/c1-10-5-15(12-3-4-18(27)28-9-12)16-7-13-6-14-8-17(30)19(11(2)29)24(33)26(14,35)25(34)20(13)23(32)21(16)22(10)31/h3-5,9,13-14,19-20,31,35H,6-8H2,1-2H3/t13-,14+,19?,20?,26-/m1/s1. The molecule has 2 fully saturated rings. The number of hydrogen-bond acceptors (Lipinski definition) is 8. The Balaban J connectivity index is 1.64. The van der Waals surface area contributed by atoms with E-state index in [0.717, 1.165) is 6.92 Å². The minimum Gasteiger partial charge on any atom is -0.507 e. The molecule has 0 radical (unpaired) electrons. The molecule has 8 nitrogen and oxygen atoms in total. The first-order valence-corrected chi connectivity index (χ1v) is 11.3. The molecule has 0 amide bonds. The Labute approximate surface area is 199 Å². The van der Waals surface area contributed by atoms with E-state index in [9.17, 15) is 38.6 Å². The minimum absolute atomic E-state index is 0.0376. The number of fused-ring (bicyclic) bond motifs is 3. The first-order chi connectivity index (χ1) is 16.5. The first kappa shape index (κ1) is 23.2. The monoisotopic (exact) mass is 479 g/mol. The van der Waals surface area contributed by atoms with Crippen LogP contribution in [0.3, 0.4) is 0 Å². The Bertz CT molecular complexity index is 1350. The third-order valence-corrected chi connectivity index (χ3v) is 7.75. The summed E-state index contributed by atoms with van der Waals surface area (Å²) in [6.07, 6.45) is 1.18. The number of carbonyl (C=O) groups is 5. The van der Waals surface area contributed by atoms with Crippen LogP contribution in [0.1, 0.15) is 41.3 Å². The van der Waals surface area contributed by atoms with Crippen molar-refractivity contribution in [2.24, 2.45) is 23.7 Å². The van der Waals surface area contributed by atoms with E-state index in [1.165, 1.54) is 18.3 Å². The van der Waals surface area contributed by atoms with Crippen LogP contribution in [0.4, 0.5) is 4.39 Å². The largest absolute Gasteiger partial charge is 0.507 e. The highest BCUT2D eigenvalue weighted by molar-refractivity contribution is 6.31. The number of pyridine rings is 1. The number of phenolic OH excluding ortho intramolecular Hbond substituents is 1. The molecule has 0 aliphatic heterocycles. The summed E-state index contributed by atoms with van der Waals surface area (Å²) >= 11 is 0. The van der Waals surface area contributed by atoms with Crippen LogP contribution in [-0.2, 0) is 25.6 Å². The zero-order valence-corrected chi connectivity index (χ0v) is 19.0. The quantitative estimate of drug-likeness (QED) is 0.492. The van der Waals surface area contributed by atoms with Crippen LogP contribution >= 0.6 is 0 Å². The lowest BCUT2D eigenvalue weighted by atomic mass is 9.53.